The van der Waals surface area contributed by atoms with Gasteiger partial charge >= 0.3 is 0 Å². The topological polar surface area (TPSA) is 41.5 Å². The highest BCUT2D eigenvalue weighted by atomic mass is 16.5. The first-order valence-corrected chi connectivity index (χ1v) is 7.34. The third-order valence-corrected chi connectivity index (χ3v) is 3.16. The lowest BCUT2D eigenvalue weighted by molar-refractivity contribution is 0.0112. The first-order valence-electron chi connectivity index (χ1n) is 7.34. The molecule has 112 valence electrons. The third-order valence-electron chi connectivity index (χ3n) is 3.16. The second kappa shape index (κ2) is 7.81. The van der Waals surface area contributed by atoms with Crippen molar-refractivity contribution < 1.29 is 9.84 Å². The molecule has 0 amide bonds. The SMILES string of the molecule is CC(C)OCC(O)CNc1ccc(-c2ccccc2)cc1. The molecule has 0 radical (unpaired) electrons. The Balaban J connectivity index is 1.85. The average Bonchev–Trinajstić information content (AvgIpc) is 2.52. The fourth-order valence-corrected chi connectivity index (χ4v) is 2.01. The number of nitrogens with one attached hydrogen (secondary N) is 1. The van der Waals surface area contributed by atoms with Crippen LogP contribution in [-0.4, -0.2) is 30.5 Å². The van der Waals surface area contributed by atoms with Gasteiger partial charge in [0.1, 0.15) is 0 Å². The zero-order chi connectivity index (χ0) is 15.1. The molecule has 0 aliphatic rings. The molecule has 2 aromatic rings. The van der Waals surface area contributed by atoms with Crippen molar-refractivity contribution in [2.75, 3.05) is 18.5 Å². The molecule has 2 N–H and O–H groups in total. The van der Waals surface area contributed by atoms with E-state index in [0.29, 0.717) is 13.2 Å². The van der Waals surface area contributed by atoms with Crippen molar-refractivity contribution in [3.8, 4) is 11.1 Å². The number of hydrogen-bond acceptors (Lipinski definition) is 3. The van der Waals surface area contributed by atoms with Crippen molar-refractivity contribution in [2.24, 2.45) is 0 Å². The quantitative estimate of drug-likeness (QED) is 0.817. The van der Waals surface area contributed by atoms with Crippen molar-refractivity contribution >= 4 is 5.69 Å². The van der Waals surface area contributed by atoms with Gasteiger partial charge in [-0.3, -0.25) is 0 Å². The summed E-state index contributed by atoms with van der Waals surface area (Å²) in [5, 5.41) is 13.0. The van der Waals surface area contributed by atoms with E-state index in [1.807, 2.05) is 44.2 Å². The van der Waals surface area contributed by atoms with Crippen LogP contribution in [0.2, 0.25) is 0 Å². The normalized spacial score (nSPS) is 12.4. The fourth-order valence-electron chi connectivity index (χ4n) is 2.01. The van der Waals surface area contributed by atoms with Crippen LogP contribution >= 0.6 is 0 Å². The summed E-state index contributed by atoms with van der Waals surface area (Å²) in [6.45, 7) is 4.76. The van der Waals surface area contributed by atoms with Gasteiger partial charge in [-0.05, 0) is 37.1 Å². The maximum atomic E-state index is 9.80. The smallest absolute Gasteiger partial charge is 0.0945 e. The maximum Gasteiger partial charge on any atom is 0.0945 e. The summed E-state index contributed by atoms with van der Waals surface area (Å²) in [5.74, 6) is 0. The Labute approximate surface area is 126 Å². The van der Waals surface area contributed by atoms with Crippen molar-refractivity contribution in [3.63, 3.8) is 0 Å². The molecule has 3 nitrogen and oxygen atoms in total. The van der Waals surface area contributed by atoms with Gasteiger partial charge in [0.2, 0.25) is 0 Å². The summed E-state index contributed by atoms with van der Waals surface area (Å²) in [6, 6.07) is 18.5. The van der Waals surface area contributed by atoms with E-state index in [2.05, 4.69) is 29.6 Å². The summed E-state index contributed by atoms with van der Waals surface area (Å²) in [4.78, 5) is 0. The molecule has 3 heteroatoms. The lowest BCUT2D eigenvalue weighted by Crippen LogP contribution is -2.26. The standard InChI is InChI=1S/C18H23NO2/c1-14(2)21-13-18(20)12-19-17-10-8-16(9-11-17)15-6-4-3-5-7-15/h3-11,14,18-20H,12-13H2,1-2H3. The molecule has 0 fully saturated rings. The minimum atomic E-state index is -0.499. The summed E-state index contributed by atoms with van der Waals surface area (Å²) in [7, 11) is 0. The molecule has 1 atom stereocenters. The molecular formula is C18H23NO2. The van der Waals surface area contributed by atoms with E-state index in [1.165, 1.54) is 11.1 Å². The summed E-state index contributed by atoms with van der Waals surface area (Å²) < 4.78 is 5.38. The second-order valence-electron chi connectivity index (χ2n) is 5.36. The van der Waals surface area contributed by atoms with Crippen LogP contribution in [0.3, 0.4) is 0 Å². The van der Waals surface area contributed by atoms with Crippen LogP contribution < -0.4 is 5.32 Å². The summed E-state index contributed by atoms with van der Waals surface area (Å²) in [5.41, 5.74) is 3.39. The summed E-state index contributed by atoms with van der Waals surface area (Å²) >= 11 is 0. The van der Waals surface area contributed by atoms with Gasteiger partial charge in [-0.25, -0.2) is 0 Å². The Kier molecular flexibility index (Phi) is 5.78. The van der Waals surface area contributed by atoms with Crippen LogP contribution in [0.4, 0.5) is 5.69 Å². The van der Waals surface area contributed by atoms with Gasteiger partial charge in [-0.1, -0.05) is 42.5 Å². The Hall–Kier alpha value is -1.84. The molecule has 2 rings (SSSR count). The number of aliphatic hydroxyl groups is 1. The van der Waals surface area contributed by atoms with Gasteiger partial charge in [-0.2, -0.15) is 0 Å². The maximum absolute atomic E-state index is 9.80. The van der Waals surface area contributed by atoms with Crippen LogP contribution in [0.25, 0.3) is 11.1 Å². The molecule has 0 aliphatic heterocycles. The number of ether oxygens (including phenoxy) is 1. The predicted molar refractivity (Wildman–Crippen MR) is 87.5 cm³/mol. The highest BCUT2D eigenvalue weighted by molar-refractivity contribution is 5.65. The third kappa shape index (κ3) is 5.21. The van der Waals surface area contributed by atoms with E-state index in [1.54, 1.807) is 0 Å². The molecule has 0 spiro atoms. The average molecular weight is 285 g/mol. The van der Waals surface area contributed by atoms with E-state index >= 15 is 0 Å². The Morgan fingerprint density at radius 3 is 2.19 bits per heavy atom. The molecule has 0 heterocycles. The van der Waals surface area contributed by atoms with Crippen molar-refractivity contribution in [3.05, 3.63) is 54.6 Å². The predicted octanol–water partition coefficient (Wildman–Crippen LogP) is 3.55. The molecule has 0 bridgehead atoms. The van der Waals surface area contributed by atoms with Crippen molar-refractivity contribution in [1.82, 2.24) is 0 Å². The van der Waals surface area contributed by atoms with Gasteiger partial charge in [0, 0.05) is 12.2 Å². The molecule has 0 aromatic heterocycles. The molecule has 0 aliphatic carbocycles. The monoisotopic (exact) mass is 285 g/mol. The van der Waals surface area contributed by atoms with E-state index in [9.17, 15) is 5.11 Å². The first-order chi connectivity index (χ1) is 10.1. The number of benzene rings is 2. The van der Waals surface area contributed by atoms with Gasteiger partial charge in [0.25, 0.3) is 0 Å². The fraction of sp³-hybridized carbons (Fsp3) is 0.333. The Bertz CT molecular complexity index is 523. The van der Waals surface area contributed by atoms with E-state index in [0.717, 1.165) is 5.69 Å². The first kappa shape index (κ1) is 15.5. The second-order valence-corrected chi connectivity index (χ2v) is 5.36. The van der Waals surface area contributed by atoms with Crippen LogP contribution in [0.1, 0.15) is 13.8 Å². The van der Waals surface area contributed by atoms with E-state index in [4.69, 9.17) is 4.74 Å². The lowest BCUT2D eigenvalue weighted by atomic mass is 10.1. The van der Waals surface area contributed by atoms with Gasteiger partial charge < -0.3 is 15.2 Å². The molecule has 2 aromatic carbocycles. The lowest BCUT2D eigenvalue weighted by Gasteiger charge is -2.15. The molecule has 0 saturated carbocycles. The molecule has 21 heavy (non-hydrogen) atoms. The molecule has 0 saturated heterocycles. The Morgan fingerprint density at radius 1 is 0.952 bits per heavy atom. The van der Waals surface area contributed by atoms with Crippen LogP contribution in [0.15, 0.2) is 54.6 Å². The summed E-state index contributed by atoms with van der Waals surface area (Å²) in [6.07, 6.45) is -0.356. The van der Waals surface area contributed by atoms with E-state index in [-0.39, 0.29) is 6.10 Å². The number of aliphatic hydroxyl groups excluding tert-OH is 1. The number of rotatable bonds is 7. The van der Waals surface area contributed by atoms with Gasteiger partial charge in [-0.15, -0.1) is 0 Å². The Morgan fingerprint density at radius 2 is 1.57 bits per heavy atom. The van der Waals surface area contributed by atoms with Crippen LogP contribution in [-0.2, 0) is 4.74 Å². The largest absolute Gasteiger partial charge is 0.389 e. The van der Waals surface area contributed by atoms with Crippen LogP contribution in [0, 0.1) is 0 Å². The van der Waals surface area contributed by atoms with E-state index < -0.39 is 6.10 Å². The number of anilines is 1. The minimum Gasteiger partial charge on any atom is -0.389 e. The van der Waals surface area contributed by atoms with Crippen molar-refractivity contribution in [1.29, 1.82) is 0 Å². The highest BCUT2D eigenvalue weighted by Crippen LogP contribution is 2.20. The highest BCUT2D eigenvalue weighted by Gasteiger charge is 2.05. The van der Waals surface area contributed by atoms with Gasteiger partial charge in [0.15, 0.2) is 0 Å². The zero-order valence-electron chi connectivity index (χ0n) is 12.6. The molecule has 1 unspecified atom stereocenters. The molecular weight excluding hydrogens is 262 g/mol. The van der Waals surface area contributed by atoms with Gasteiger partial charge in [0.05, 0.1) is 18.8 Å². The number of hydrogen-bond donors (Lipinski definition) is 2. The van der Waals surface area contributed by atoms with Crippen molar-refractivity contribution in [2.45, 2.75) is 26.1 Å². The van der Waals surface area contributed by atoms with Crippen LogP contribution in [0.5, 0.6) is 0 Å². The minimum absolute atomic E-state index is 0.143. The zero-order valence-corrected chi connectivity index (χ0v) is 12.6.